The van der Waals surface area contributed by atoms with Crippen molar-refractivity contribution in [2.24, 2.45) is 4.99 Å². The third-order valence-electron chi connectivity index (χ3n) is 3.69. The van der Waals surface area contributed by atoms with Gasteiger partial charge < -0.3 is 19.7 Å². The quantitative estimate of drug-likeness (QED) is 0.639. The van der Waals surface area contributed by atoms with Crippen LogP contribution in [-0.4, -0.2) is 44.7 Å². The van der Waals surface area contributed by atoms with Crippen LogP contribution in [0, 0.1) is 0 Å². The first kappa shape index (κ1) is 16.9. The summed E-state index contributed by atoms with van der Waals surface area (Å²) in [5.74, 6) is 2.43. The molecule has 0 amide bonds. The summed E-state index contributed by atoms with van der Waals surface area (Å²) >= 11 is 3.59. The fourth-order valence-electron chi connectivity index (χ4n) is 2.53. The largest absolute Gasteiger partial charge is 0.493 e. The second kappa shape index (κ2) is 8.27. The second-order valence-electron chi connectivity index (χ2n) is 5.16. The minimum atomic E-state index is 0.597. The summed E-state index contributed by atoms with van der Waals surface area (Å²) in [5, 5.41) is 3.37. The predicted octanol–water partition coefficient (Wildman–Crippen LogP) is 3.03. The minimum Gasteiger partial charge on any atom is -0.493 e. The molecule has 1 aliphatic rings. The molecule has 22 heavy (non-hydrogen) atoms. The van der Waals surface area contributed by atoms with Crippen molar-refractivity contribution < 1.29 is 9.47 Å². The molecule has 122 valence electrons. The number of aliphatic imine (C=N–C) groups is 1. The Morgan fingerprint density at radius 1 is 1.23 bits per heavy atom. The van der Waals surface area contributed by atoms with Gasteiger partial charge in [-0.2, -0.15) is 0 Å². The number of ether oxygens (including phenoxy) is 2. The number of nitrogens with zero attached hydrogens (tertiary/aromatic N) is 2. The normalized spacial score (nSPS) is 15.1. The van der Waals surface area contributed by atoms with E-state index in [0.29, 0.717) is 12.3 Å². The summed E-state index contributed by atoms with van der Waals surface area (Å²) < 4.78 is 11.6. The molecular formula is C16H24BrN3O2. The lowest BCUT2D eigenvalue weighted by molar-refractivity contribution is 0.354. The third kappa shape index (κ3) is 4.06. The second-order valence-corrected chi connectivity index (χ2v) is 6.02. The molecule has 1 saturated heterocycles. The Morgan fingerprint density at radius 3 is 2.45 bits per heavy atom. The first-order chi connectivity index (χ1) is 10.7. The van der Waals surface area contributed by atoms with Gasteiger partial charge in [-0.15, -0.1) is 0 Å². The first-order valence-corrected chi connectivity index (χ1v) is 8.42. The maximum atomic E-state index is 5.37. The van der Waals surface area contributed by atoms with Crippen molar-refractivity contribution in [3.8, 4) is 11.5 Å². The smallest absolute Gasteiger partial charge is 0.194 e. The number of hydrogen-bond acceptors (Lipinski definition) is 3. The Balaban J connectivity index is 2.18. The molecule has 0 unspecified atom stereocenters. The van der Waals surface area contributed by atoms with Crippen LogP contribution in [-0.2, 0) is 6.54 Å². The van der Waals surface area contributed by atoms with E-state index < -0.39 is 0 Å². The topological polar surface area (TPSA) is 46.1 Å². The highest BCUT2D eigenvalue weighted by molar-refractivity contribution is 9.10. The zero-order valence-electron chi connectivity index (χ0n) is 13.5. The van der Waals surface area contributed by atoms with Crippen LogP contribution in [0.15, 0.2) is 21.6 Å². The van der Waals surface area contributed by atoms with Crippen molar-refractivity contribution in [3.05, 3.63) is 22.2 Å². The number of guanidine groups is 1. The van der Waals surface area contributed by atoms with Crippen molar-refractivity contribution in [1.29, 1.82) is 0 Å². The average molecular weight is 370 g/mol. The van der Waals surface area contributed by atoms with Crippen molar-refractivity contribution >= 4 is 21.9 Å². The van der Waals surface area contributed by atoms with Crippen molar-refractivity contribution in [1.82, 2.24) is 10.2 Å². The number of rotatable bonds is 5. The summed E-state index contributed by atoms with van der Waals surface area (Å²) in [6.07, 6.45) is 2.48. The lowest BCUT2D eigenvalue weighted by atomic mass is 10.2. The summed E-state index contributed by atoms with van der Waals surface area (Å²) in [6, 6.07) is 3.90. The Morgan fingerprint density at radius 2 is 1.86 bits per heavy atom. The van der Waals surface area contributed by atoms with Gasteiger partial charge >= 0.3 is 0 Å². The summed E-state index contributed by atoms with van der Waals surface area (Å²) in [5.41, 5.74) is 1.08. The van der Waals surface area contributed by atoms with Crippen LogP contribution in [0.1, 0.15) is 25.3 Å². The number of likely N-dealkylation sites (tertiary alicyclic amines) is 1. The highest BCUT2D eigenvalue weighted by Gasteiger charge is 2.16. The lowest BCUT2D eigenvalue weighted by Gasteiger charge is -2.21. The van der Waals surface area contributed by atoms with Gasteiger partial charge in [-0.1, -0.05) is 15.9 Å². The molecular weight excluding hydrogens is 346 g/mol. The molecule has 0 spiro atoms. The van der Waals surface area contributed by atoms with E-state index in [9.17, 15) is 0 Å². The molecule has 1 heterocycles. The maximum absolute atomic E-state index is 5.37. The van der Waals surface area contributed by atoms with Gasteiger partial charge in [0.05, 0.1) is 20.8 Å². The minimum absolute atomic E-state index is 0.597. The highest BCUT2D eigenvalue weighted by Crippen LogP contribution is 2.33. The molecule has 1 N–H and O–H groups in total. The molecule has 1 fully saturated rings. The monoisotopic (exact) mass is 369 g/mol. The maximum Gasteiger partial charge on any atom is 0.194 e. The molecule has 0 radical (unpaired) electrons. The van der Waals surface area contributed by atoms with Crippen LogP contribution in [0.25, 0.3) is 0 Å². The van der Waals surface area contributed by atoms with Crippen molar-refractivity contribution in [2.75, 3.05) is 33.9 Å². The molecule has 5 nitrogen and oxygen atoms in total. The predicted molar refractivity (Wildman–Crippen MR) is 92.9 cm³/mol. The molecule has 0 aliphatic carbocycles. The van der Waals surface area contributed by atoms with E-state index >= 15 is 0 Å². The van der Waals surface area contributed by atoms with Crippen LogP contribution in [0.3, 0.4) is 0 Å². The van der Waals surface area contributed by atoms with Crippen molar-refractivity contribution in [3.63, 3.8) is 0 Å². The van der Waals surface area contributed by atoms with E-state index in [2.05, 4.69) is 33.1 Å². The van der Waals surface area contributed by atoms with E-state index in [1.54, 1.807) is 14.2 Å². The van der Waals surface area contributed by atoms with E-state index in [-0.39, 0.29) is 0 Å². The number of benzene rings is 1. The molecule has 0 atom stereocenters. The molecule has 0 aromatic heterocycles. The zero-order valence-corrected chi connectivity index (χ0v) is 15.1. The molecule has 0 bridgehead atoms. The first-order valence-electron chi connectivity index (χ1n) is 7.63. The number of methoxy groups -OCH3 is 2. The summed E-state index contributed by atoms with van der Waals surface area (Å²) in [7, 11) is 3.28. The van der Waals surface area contributed by atoms with Gasteiger partial charge in [-0.05, 0) is 37.5 Å². The molecule has 1 aromatic carbocycles. The van der Waals surface area contributed by atoms with E-state index in [4.69, 9.17) is 14.5 Å². The standard InChI is InChI=1S/C16H24BrN3O2/c1-4-18-16(20-7-5-6-8-20)19-11-12-9-14(21-2)15(22-3)10-13(12)17/h9-10H,4-8,11H2,1-3H3,(H,18,19). The Labute approximate surface area is 140 Å². The summed E-state index contributed by atoms with van der Waals surface area (Å²) in [6.45, 7) is 5.73. The van der Waals surface area contributed by atoms with E-state index in [1.807, 2.05) is 12.1 Å². The van der Waals surface area contributed by atoms with Gasteiger partial charge in [0.25, 0.3) is 0 Å². The van der Waals surface area contributed by atoms with Gasteiger partial charge in [-0.3, -0.25) is 0 Å². The Hall–Kier alpha value is -1.43. The third-order valence-corrected chi connectivity index (χ3v) is 4.43. The molecule has 6 heteroatoms. The van der Waals surface area contributed by atoms with Gasteiger partial charge in [0.2, 0.25) is 0 Å². The van der Waals surface area contributed by atoms with Crippen LogP contribution in [0.5, 0.6) is 11.5 Å². The molecule has 1 aromatic rings. The van der Waals surface area contributed by atoms with Gasteiger partial charge in [0.1, 0.15) is 0 Å². The van der Waals surface area contributed by atoms with Crippen LogP contribution in [0.4, 0.5) is 0 Å². The van der Waals surface area contributed by atoms with E-state index in [0.717, 1.165) is 41.4 Å². The van der Waals surface area contributed by atoms with Gasteiger partial charge in [0, 0.05) is 24.1 Å². The van der Waals surface area contributed by atoms with Crippen molar-refractivity contribution in [2.45, 2.75) is 26.3 Å². The van der Waals surface area contributed by atoms with Gasteiger partial charge in [-0.25, -0.2) is 4.99 Å². The van der Waals surface area contributed by atoms with Crippen LogP contribution < -0.4 is 14.8 Å². The van der Waals surface area contributed by atoms with Crippen LogP contribution in [0.2, 0.25) is 0 Å². The Bertz CT molecular complexity index is 528. The van der Waals surface area contributed by atoms with E-state index in [1.165, 1.54) is 12.8 Å². The molecule has 0 saturated carbocycles. The van der Waals surface area contributed by atoms with Crippen LogP contribution >= 0.6 is 15.9 Å². The fraction of sp³-hybridized carbons (Fsp3) is 0.562. The Kier molecular flexibility index (Phi) is 6.36. The zero-order chi connectivity index (χ0) is 15.9. The number of hydrogen-bond donors (Lipinski definition) is 1. The number of halogens is 1. The number of nitrogens with one attached hydrogen (secondary N) is 1. The lowest BCUT2D eigenvalue weighted by Crippen LogP contribution is -2.39. The SMILES string of the molecule is CCNC(=NCc1cc(OC)c(OC)cc1Br)N1CCCC1. The summed E-state index contributed by atoms with van der Waals surface area (Å²) in [4.78, 5) is 7.08. The average Bonchev–Trinajstić information content (AvgIpc) is 3.06. The van der Waals surface area contributed by atoms with Gasteiger partial charge in [0.15, 0.2) is 17.5 Å². The highest BCUT2D eigenvalue weighted by atomic mass is 79.9. The fourth-order valence-corrected chi connectivity index (χ4v) is 2.98. The molecule has 2 rings (SSSR count). The molecule has 1 aliphatic heterocycles.